The van der Waals surface area contributed by atoms with E-state index in [-0.39, 0.29) is 29.1 Å². The van der Waals surface area contributed by atoms with Crippen molar-refractivity contribution in [2.24, 2.45) is 7.05 Å². The van der Waals surface area contributed by atoms with Crippen molar-refractivity contribution in [3.63, 3.8) is 0 Å². The standard InChI is InChI=1S/C18H17N5.C12H11N3O2.C12H13N3.C6H6BrN3O2/c1-22-17-15(21-18(22)16-8-5-9-23(16)12-19)10-14(11-20-17)13-6-3-2-4-7-13;1-13-12-11(15(16)17)7-10(8-14-12)9-5-3-2-4-6-9;1-14-12-11(13)7-10(8-15-12)9-5-3-2-4-6-9;1-8-6-5(10(11)12)2-4(7)3-9-6/h2-4,6-7,10-11,16H,5,8-9H2,1H3;2-8H,1H3,(H,13,14);2-8H,13H2,1H3,(H,14,15);2-3H,1H3,(H,8,9). The van der Waals surface area contributed by atoms with Gasteiger partial charge in [-0.25, -0.2) is 24.9 Å². The number of nitriles is 1. The van der Waals surface area contributed by atoms with Crippen LogP contribution in [0, 0.1) is 31.7 Å². The quantitative estimate of drug-likeness (QED) is 0.0597. The highest BCUT2D eigenvalue weighted by Crippen LogP contribution is 2.33. The lowest BCUT2D eigenvalue weighted by molar-refractivity contribution is -0.384. The number of nitrogens with one attached hydrogen (secondary N) is 3. The first kappa shape index (κ1) is 48.0. The Hall–Kier alpha value is -8.50. The summed E-state index contributed by atoms with van der Waals surface area (Å²) in [6, 6.07) is 36.7. The highest BCUT2D eigenvalue weighted by molar-refractivity contribution is 9.10. The molecule has 5 aromatic heterocycles. The molecular formula is C48H47BrN14O4. The van der Waals surface area contributed by atoms with Crippen molar-refractivity contribution in [1.82, 2.24) is 34.4 Å². The van der Waals surface area contributed by atoms with E-state index < -0.39 is 9.85 Å². The van der Waals surface area contributed by atoms with Crippen molar-refractivity contribution in [2.75, 3.05) is 49.4 Å². The van der Waals surface area contributed by atoms with Gasteiger partial charge in [0, 0.05) is 92.8 Å². The molecule has 340 valence electrons. The summed E-state index contributed by atoms with van der Waals surface area (Å²) in [5.41, 5.74) is 14.2. The molecule has 8 aromatic rings. The number of aromatic nitrogens is 6. The first-order valence-electron chi connectivity index (χ1n) is 20.8. The number of pyridine rings is 4. The lowest BCUT2D eigenvalue weighted by Crippen LogP contribution is -2.20. The summed E-state index contributed by atoms with van der Waals surface area (Å²) >= 11 is 3.10. The van der Waals surface area contributed by atoms with Crippen LogP contribution in [0.2, 0.25) is 0 Å². The topological polar surface area (TPSA) is 245 Å². The zero-order chi connectivity index (χ0) is 47.9. The molecule has 18 nitrogen and oxygen atoms in total. The zero-order valence-corrected chi connectivity index (χ0v) is 38.6. The second-order valence-electron chi connectivity index (χ2n) is 14.7. The molecule has 0 aliphatic carbocycles. The van der Waals surface area contributed by atoms with E-state index in [9.17, 15) is 25.5 Å². The Kier molecular flexibility index (Phi) is 16.4. The summed E-state index contributed by atoms with van der Waals surface area (Å²) in [5.74, 6) is 2.18. The fraction of sp³-hybridized carbons (Fsp3) is 0.167. The van der Waals surface area contributed by atoms with Gasteiger partial charge >= 0.3 is 11.4 Å². The number of nitro groups is 2. The van der Waals surface area contributed by atoms with Gasteiger partial charge in [0.05, 0.1) is 21.6 Å². The number of fused-ring (bicyclic) bond motifs is 1. The van der Waals surface area contributed by atoms with Gasteiger partial charge in [0.1, 0.15) is 17.2 Å². The zero-order valence-electron chi connectivity index (χ0n) is 37.0. The highest BCUT2D eigenvalue weighted by atomic mass is 79.9. The largest absolute Gasteiger partial charge is 0.396 e. The summed E-state index contributed by atoms with van der Waals surface area (Å²) in [6.07, 6.45) is 11.1. The normalized spacial score (nSPS) is 12.5. The number of hydrogen-bond acceptors (Lipinski definition) is 15. The SMILES string of the molecule is CNc1ncc(-c2ccccc2)cc1N.CNc1ncc(-c2ccccc2)cc1[N+](=O)[O-].CNc1ncc(Br)cc1[N+](=O)[O-].Cn1c(C2CCCN2C#N)nc2cc(-c3ccccc3)cnc21. The smallest absolute Gasteiger partial charge is 0.312 e. The number of hydrogen-bond donors (Lipinski definition) is 4. The number of nitrogens with two attached hydrogens (primary N) is 1. The van der Waals surface area contributed by atoms with Gasteiger partial charge in [0.2, 0.25) is 11.6 Å². The van der Waals surface area contributed by atoms with Crippen LogP contribution < -0.4 is 21.7 Å². The number of halogens is 1. The van der Waals surface area contributed by atoms with Crippen molar-refractivity contribution >= 4 is 61.6 Å². The number of imidazole rings is 1. The van der Waals surface area contributed by atoms with Crippen molar-refractivity contribution in [2.45, 2.75) is 18.9 Å². The number of nitrogens with zero attached hydrogens (tertiary/aromatic N) is 10. The maximum absolute atomic E-state index is 10.9. The molecule has 0 spiro atoms. The fourth-order valence-corrected chi connectivity index (χ4v) is 7.47. The van der Waals surface area contributed by atoms with E-state index >= 15 is 0 Å². The molecule has 67 heavy (non-hydrogen) atoms. The summed E-state index contributed by atoms with van der Waals surface area (Å²) in [4.78, 5) is 43.7. The predicted octanol–water partition coefficient (Wildman–Crippen LogP) is 10.1. The molecular weight excluding hydrogens is 917 g/mol. The lowest BCUT2D eigenvalue weighted by Gasteiger charge is -2.17. The third kappa shape index (κ3) is 12.0. The summed E-state index contributed by atoms with van der Waals surface area (Å²) < 4.78 is 2.61. The van der Waals surface area contributed by atoms with Crippen LogP contribution in [0.3, 0.4) is 0 Å². The highest BCUT2D eigenvalue weighted by Gasteiger charge is 2.29. The van der Waals surface area contributed by atoms with Crippen LogP contribution in [0.1, 0.15) is 24.7 Å². The van der Waals surface area contributed by atoms with Gasteiger partial charge in [-0.15, -0.1) is 0 Å². The van der Waals surface area contributed by atoms with Crippen LogP contribution in [-0.4, -0.2) is 71.9 Å². The molecule has 0 bridgehead atoms. The van der Waals surface area contributed by atoms with Crippen LogP contribution >= 0.6 is 15.9 Å². The van der Waals surface area contributed by atoms with Crippen molar-refractivity contribution in [3.8, 4) is 39.6 Å². The van der Waals surface area contributed by atoms with Crippen LogP contribution in [-0.2, 0) is 7.05 Å². The van der Waals surface area contributed by atoms with Crippen molar-refractivity contribution < 1.29 is 9.85 Å². The molecule has 3 aromatic carbocycles. The minimum atomic E-state index is -0.483. The lowest BCUT2D eigenvalue weighted by atomic mass is 10.1. The molecule has 6 heterocycles. The van der Waals surface area contributed by atoms with Gasteiger partial charge in [-0.05, 0) is 57.6 Å². The van der Waals surface area contributed by atoms with E-state index in [0.29, 0.717) is 10.2 Å². The van der Waals surface area contributed by atoms with Crippen LogP contribution in [0.4, 0.5) is 34.5 Å². The second kappa shape index (κ2) is 22.9. The first-order valence-corrected chi connectivity index (χ1v) is 21.6. The summed E-state index contributed by atoms with van der Waals surface area (Å²) in [6.45, 7) is 0.813. The molecule has 1 aliphatic heterocycles. The Labute approximate surface area is 395 Å². The number of benzene rings is 3. The Bertz CT molecular complexity index is 2990. The van der Waals surface area contributed by atoms with Crippen molar-refractivity contribution in [3.05, 3.63) is 171 Å². The van der Waals surface area contributed by atoms with E-state index in [2.05, 4.69) is 76.2 Å². The molecule has 9 rings (SSSR count). The molecule has 1 atom stereocenters. The fourth-order valence-electron chi connectivity index (χ4n) is 7.15. The van der Waals surface area contributed by atoms with E-state index in [4.69, 9.17) is 10.7 Å². The number of rotatable bonds is 9. The molecule has 19 heteroatoms. The Balaban J connectivity index is 0.000000152. The molecule has 1 unspecified atom stereocenters. The average molecular weight is 964 g/mol. The van der Waals surface area contributed by atoms with Gasteiger partial charge in [0.15, 0.2) is 11.8 Å². The molecule has 0 radical (unpaired) electrons. The third-order valence-electron chi connectivity index (χ3n) is 10.5. The first-order chi connectivity index (χ1) is 32.5. The van der Waals surface area contributed by atoms with Gasteiger partial charge in [-0.3, -0.25) is 20.2 Å². The monoisotopic (exact) mass is 962 g/mol. The number of aryl methyl sites for hydroxylation is 1. The Morgan fingerprint density at radius 3 is 1.63 bits per heavy atom. The molecule has 0 saturated carbocycles. The van der Waals surface area contributed by atoms with Gasteiger partial charge < -0.3 is 31.2 Å². The Morgan fingerprint density at radius 2 is 1.13 bits per heavy atom. The van der Waals surface area contributed by atoms with Gasteiger partial charge in [-0.2, -0.15) is 5.26 Å². The van der Waals surface area contributed by atoms with E-state index in [1.165, 1.54) is 18.3 Å². The summed E-state index contributed by atoms with van der Waals surface area (Å²) in [7, 11) is 6.98. The number of nitrogen functional groups attached to an aromatic ring is 1. The molecule has 1 aliphatic rings. The molecule has 1 saturated heterocycles. The van der Waals surface area contributed by atoms with Crippen LogP contribution in [0.5, 0.6) is 0 Å². The minimum absolute atomic E-state index is 0.0196. The predicted molar refractivity (Wildman–Crippen MR) is 266 cm³/mol. The number of likely N-dealkylation sites (tertiary alicyclic amines) is 1. The van der Waals surface area contributed by atoms with Crippen molar-refractivity contribution in [1.29, 1.82) is 5.26 Å². The van der Waals surface area contributed by atoms with Gasteiger partial charge in [0.25, 0.3) is 0 Å². The average Bonchev–Trinajstić information content (AvgIpc) is 3.98. The maximum atomic E-state index is 10.9. The van der Waals surface area contributed by atoms with E-state index in [1.807, 2.05) is 114 Å². The molecule has 1 fully saturated rings. The van der Waals surface area contributed by atoms with E-state index in [0.717, 1.165) is 75.6 Å². The van der Waals surface area contributed by atoms with Crippen LogP contribution in [0.15, 0.2) is 145 Å². The second-order valence-corrected chi connectivity index (χ2v) is 15.6. The number of anilines is 4. The Morgan fingerprint density at radius 1 is 0.672 bits per heavy atom. The molecule has 0 amide bonds. The third-order valence-corrected chi connectivity index (χ3v) is 10.9. The minimum Gasteiger partial charge on any atom is -0.396 e. The summed E-state index contributed by atoms with van der Waals surface area (Å²) in [5, 5.41) is 38.9. The van der Waals surface area contributed by atoms with Crippen LogP contribution in [0.25, 0.3) is 44.5 Å². The molecule has 5 N–H and O–H groups in total. The van der Waals surface area contributed by atoms with Gasteiger partial charge in [-0.1, -0.05) is 91.0 Å². The maximum Gasteiger partial charge on any atom is 0.312 e. The van der Waals surface area contributed by atoms with E-state index in [1.54, 1.807) is 27.3 Å².